The average Bonchev–Trinajstić information content (AvgIpc) is 2.97. The van der Waals surface area contributed by atoms with Crippen LogP contribution in [0.3, 0.4) is 0 Å². The van der Waals surface area contributed by atoms with Gasteiger partial charge in [-0.3, -0.25) is 9.69 Å². The molecule has 0 aliphatic carbocycles. The van der Waals surface area contributed by atoms with E-state index in [4.69, 9.17) is 4.74 Å². The van der Waals surface area contributed by atoms with Crippen LogP contribution in [0.1, 0.15) is 67.3 Å². The van der Waals surface area contributed by atoms with E-state index >= 15 is 0 Å². The zero-order valence-electron chi connectivity index (χ0n) is 17.0. The highest BCUT2D eigenvalue weighted by Crippen LogP contribution is 2.23. The smallest absolute Gasteiger partial charge is 0.253 e. The topological polar surface area (TPSA) is 32.8 Å². The molecule has 1 amide bonds. The van der Waals surface area contributed by atoms with Crippen LogP contribution in [0.25, 0.3) is 0 Å². The minimum absolute atomic E-state index is 0.212. The summed E-state index contributed by atoms with van der Waals surface area (Å²) in [5.74, 6) is 0.835. The third-order valence-corrected chi connectivity index (χ3v) is 6.05. The lowest BCUT2D eigenvalue weighted by Gasteiger charge is -2.33. The monoisotopic (exact) mass is 372 g/mol. The fourth-order valence-electron chi connectivity index (χ4n) is 4.54. The molecule has 0 aromatic heterocycles. The number of nitrogens with zero attached hydrogens (tertiary/aromatic N) is 2. The second-order valence-electron chi connectivity index (χ2n) is 8.29. The van der Waals surface area contributed by atoms with Gasteiger partial charge in [-0.2, -0.15) is 0 Å². The molecule has 0 spiro atoms. The molecule has 2 heterocycles. The van der Waals surface area contributed by atoms with Crippen molar-refractivity contribution in [2.24, 2.45) is 5.92 Å². The highest BCUT2D eigenvalue weighted by atomic mass is 16.5. The molecule has 4 nitrogen and oxygen atoms in total. The molecule has 4 heteroatoms. The van der Waals surface area contributed by atoms with E-state index in [1.54, 1.807) is 7.11 Å². The Bertz CT molecular complexity index is 581. The molecule has 0 bridgehead atoms. The maximum atomic E-state index is 13.1. The molecule has 1 atom stereocenters. The van der Waals surface area contributed by atoms with E-state index < -0.39 is 0 Å². The lowest BCUT2D eigenvalue weighted by atomic mass is 9.93. The molecule has 2 saturated heterocycles. The quantitative estimate of drug-likeness (QED) is 0.668. The van der Waals surface area contributed by atoms with Gasteiger partial charge < -0.3 is 9.64 Å². The molecule has 150 valence electrons. The molecule has 0 radical (unpaired) electrons. The van der Waals surface area contributed by atoms with Gasteiger partial charge in [-0.1, -0.05) is 25.0 Å². The summed E-state index contributed by atoms with van der Waals surface area (Å²) in [5.41, 5.74) is 2.14. The van der Waals surface area contributed by atoms with Crippen molar-refractivity contribution >= 4 is 5.91 Å². The van der Waals surface area contributed by atoms with Gasteiger partial charge in [-0.15, -0.1) is 0 Å². The Morgan fingerprint density at radius 3 is 2.70 bits per heavy atom. The summed E-state index contributed by atoms with van der Waals surface area (Å²) < 4.78 is 5.18. The van der Waals surface area contributed by atoms with Crippen LogP contribution in [-0.4, -0.2) is 55.6 Å². The van der Waals surface area contributed by atoms with Crippen molar-refractivity contribution in [3.05, 3.63) is 35.4 Å². The average molecular weight is 373 g/mol. The number of amides is 1. The van der Waals surface area contributed by atoms with Gasteiger partial charge in [0.25, 0.3) is 5.91 Å². The fourth-order valence-corrected chi connectivity index (χ4v) is 4.54. The lowest BCUT2D eigenvalue weighted by Crippen LogP contribution is -2.40. The first-order valence-corrected chi connectivity index (χ1v) is 10.9. The lowest BCUT2D eigenvalue weighted by molar-refractivity contribution is 0.0660. The normalized spacial score (nSPS) is 21.8. The highest BCUT2D eigenvalue weighted by Gasteiger charge is 2.24. The molecule has 1 aromatic rings. The highest BCUT2D eigenvalue weighted by molar-refractivity contribution is 5.94. The minimum Gasteiger partial charge on any atom is -0.385 e. The molecule has 0 unspecified atom stereocenters. The maximum absolute atomic E-state index is 13.1. The molecule has 2 aliphatic rings. The van der Waals surface area contributed by atoms with Gasteiger partial charge in [-0.05, 0) is 75.2 Å². The predicted molar refractivity (Wildman–Crippen MR) is 110 cm³/mol. The van der Waals surface area contributed by atoms with E-state index in [0.717, 1.165) is 51.1 Å². The molecule has 27 heavy (non-hydrogen) atoms. The van der Waals surface area contributed by atoms with Crippen molar-refractivity contribution in [2.45, 2.75) is 57.9 Å². The zero-order valence-corrected chi connectivity index (χ0v) is 17.0. The summed E-state index contributed by atoms with van der Waals surface area (Å²) in [6.07, 6.45) is 9.93. The van der Waals surface area contributed by atoms with Crippen LogP contribution in [-0.2, 0) is 11.3 Å². The Morgan fingerprint density at radius 1 is 1.11 bits per heavy atom. The van der Waals surface area contributed by atoms with Crippen LogP contribution in [0.15, 0.2) is 24.3 Å². The summed E-state index contributed by atoms with van der Waals surface area (Å²) >= 11 is 0. The first-order chi connectivity index (χ1) is 13.3. The van der Waals surface area contributed by atoms with Crippen molar-refractivity contribution < 1.29 is 9.53 Å². The molecule has 2 fully saturated rings. The minimum atomic E-state index is 0.212. The standard InChI is InChI=1S/C23H36N2O2/c1-27-16-8-11-20-10-7-15-25(19-20)23(26)22-12-6-9-21(17-22)18-24-13-4-2-3-5-14-24/h6,9,12,17,20H,2-5,7-8,10-11,13-16,18-19H2,1H3/t20-/m1/s1. The Hall–Kier alpha value is -1.39. The maximum Gasteiger partial charge on any atom is 0.253 e. The number of piperidine rings is 1. The molecular formula is C23H36N2O2. The van der Waals surface area contributed by atoms with E-state index in [-0.39, 0.29) is 5.91 Å². The van der Waals surface area contributed by atoms with Crippen LogP contribution in [0.4, 0.5) is 0 Å². The van der Waals surface area contributed by atoms with Crippen molar-refractivity contribution in [1.82, 2.24) is 9.80 Å². The van der Waals surface area contributed by atoms with Crippen LogP contribution in [0, 0.1) is 5.92 Å². The number of carbonyl (C=O) groups excluding carboxylic acids is 1. The molecule has 2 aliphatic heterocycles. The number of carbonyl (C=O) groups is 1. The number of hydrogen-bond acceptors (Lipinski definition) is 3. The van der Waals surface area contributed by atoms with Crippen LogP contribution in [0.5, 0.6) is 0 Å². The molecule has 3 rings (SSSR count). The van der Waals surface area contributed by atoms with Gasteiger partial charge in [0.1, 0.15) is 0 Å². The summed E-state index contributed by atoms with van der Waals surface area (Å²) in [6.45, 7) is 5.97. The van der Waals surface area contributed by atoms with Gasteiger partial charge in [0, 0.05) is 38.9 Å². The van der Waals surface area contributed by atoms with Crippen LogP contribution >= 0.6 is 0 Å². The molecule has 0 saturated carbocycles. The summed E-state index contributed by atoms with van der Waals surface area (Å²) in [7, 11) is 1.76. The number of hydrogen-bond donors (Lipinski definition) is 0. The van der Waals surface area contributed by atoms with Crippen molar-refractivity contribution in [2.75, 3.05) is 39.9 Å². The third-order valence-electron chi connectivity index (χ3n) is 6.05. The Balaban J connectivity index is 1.57. The first kappa shape index (κ1) is 20.3. The Morgan fingerprint density at radius 2 is 1.93 bits per heavy atom. The predicted octanol–water partition coefficient (Wildman–Crippen LogP) is 4.34. The van der Waals surface area contributed by atoms with Crippen molar-refractivity contribution in [1.29, 1.82) is 0 Å². The fraction of sp³-hybridized carbons (Fsp3) is 0.696. The van der Waals surface area contributed by atoms with Crippen LogP contribution < -0.4 is 0 Å². The third kappa shape index (κ3) is 6.32. The van der Waals surface area contributed by atoms with E-state index in [2.05, 4.69) is 28.0 Å². The largest absolute Gasteiger partial charge is 0.385 e. The summed E-state index contributed by atoms with van der Waals surface area (Å²) in [4.78, 5) is 17.7. The van der Waals surface area contributed by atoms with E-state index in [1.807, 2.05) is 6.07 Å². The van der Waals surface area contributed by atoms with Gasteiger partial charge in [0.2, 0.25) is 0 Å². The van der Waals surface area contributed by atoms with Crippen LogP contribution in [0.2, 0.25) is 0 Å². The van der Waals surface area contributed by atoms with Crippen molar-refractivity contribution in [3.8, 4) is 0 Å². The molecular weight excluding hydrogens is 336 g/mol. The van der Waals surface area contributed by atoms with Gasteiger partial charge in [0.15, 0.2) is 0 Å². The van der Waals surface area contributed by atoms with Gasteiger partial charge in [0.05, 0.1) is 0 Å². The number of rotatable bonds is 7. The summed E-state index contributed by atoms with van der Waals surface area (Å²) in [5, 5.41) is 0. The SMILES string of the molecule is COCCC[C@H]1CCCN(C(=O)c2cccc(CN3CCCCCC3)c2)C1. The van der Waals surface area contributed by atoms with E-state index in [0.29, 0.717) is 5.92 Å². The van der Waals surface area contributed by atoms with Gasteiger partial charge >= 0.3 is 0 Å². The first-order valence-electron chi connectivity index (χ1n) is 10.9. The molecule has 1 aromatic carbocycles. The molecule has 0 N–H and O–H groups in total. The van der Waals surface area contributed by atoms with Gasteiger partial charge in [-0.25, -0.2) is 0 Å². The Labute approximate surface area is 164 Å². The second kappa shape index (κ2) is 10.8. The van der Waals surface area contributed by atoms with Crippen molar-refractivity contribution in [3.63, 3.8) is 0 Å². The number of likely N-dealkylation sites (tertiary alicyclic amines) is 2. The Kier molecular flexibility index (Phi) is 8.15. The van der Waals surface area contributed by atoms with E-state index in [1.165, 1.54) is 50.8 Å². The van der Waals surface area contributed by atoms with E-state index in [9.17, 15) is 4.79 Å². The number of benzene rings is 1. The number of methoxy groups -OCH3 is 1. The number of ether oxygens (including phenoxy) is 1. The second-order valence-corrected chi connectivity index (χ2v) is 8.29. The summed E-state index contributed by atoms with van der Waals surface area (Å²) in [6, 6.07) is 8.34. The zero-order chi connectivity index (χ0) is 18.9.